The van der Waals surface area contributed by atoms with Crippen molar-refractivity contribution in [3.05, 3.63) is 11.6 Å². The molecule has 27 heavy (non-hydrogen) atoms. The fourth-order valence-electron chi connectivity index (χ4n) is 8.09. The summed E-state index contributed by atoms with van der Waals surface area (Å²) in [5.41, 5.74) is 2.10. The van der Waals surface area contributed by atoms with E-state index in [1.165, 1.54) is 37.7 Å². The molecule has 0 heterocycles. The third kappa shape index (κ3) is 3.00. The Kier molecular flexibility index (Phi) is 4.79. The topological polar surface area (TPSA) is 54.4 Å². The smallest absolute Gasteiger partial charge is 0.303 e. The average Bonchev–Trinajstić information content (AvgIpc) is 2.97. The number of ketones is 1. The number of hydrogen-bond donors (Lipinski definition) is 1. The second kappa shape index (κ2) is 6.74. The molecule has 0 radical (unpaired) electrons. The highest BCUT2D eigenvalue weighted by Crippen LogP contribution is 2.67. The SMILES string of the molecule is C[C@H](CCC(=O)O)[C@H]1CCC2[C@@H]3CCC4=CC(=O)CC[C@]4(C)C3CC[C@@]21C. The fourth-order valence-corrected chi connectivity index (χ4v) is 8.09. The van der Waals surface area contributed by atoms with E-state index in [1.54, 1.807) is 0 Å². The lowest BCUT2D eigenvalue weighted by Gasteiger charge is -2.58. The summed E-state index contributed by atoms with van der Waals surface area (Å²) >= 11 is 0. The Bertz CT molecular complexity index is 665. The van der Waals surface area contributed by atoms with Gasteiger partial charge in [0.15, 0.2) is 5.78 Å². The average molecular weight is 373 g/mol. The van der Waals surface area contributed by atoms with Gasteiger partial charge in [-0.1, -0.05) is 26.3 Å². The molecular weight excluding hydrogens is 336 g/mol. The molecule has 3 saturated carbocycles. The van der Waals surface area contributed by atoms with Gasteiger partial charge in [0.2, 0.25) is 0 Å². The van der Waals surface area contributed by atoms with Crippen molar-refractivity contribution in [2.45, 2.75) is 85.0 Å². The zero-order valence-electron chi connectivity index (χ0n) is 17.3. The van der Waals surface area contributed by atoms with Gasteiger partial charge >= 0.3 is 5.97 Å². The van der Waals surface area contributed by atoms with Gasteiger partial charge in [-0.15, -0.1) is 0 Å². The van der Waals surface area contributed by atoms with E-state index in [2.05, 4.69) is 20.8 Å². The number of carbonyl (C=O) groups is 2. The highest BCUT2D eigenvalue weighted by atomic mass is 16.4. The minimum atomic E-state index is -0.656. The molecule has 0 saturated heterocycles. The first-order valence-electron chi connectivity index (χ1n) is 11.2. The van der Waals surface area contributed by atoms with Gasteiger partial charge in [-0.2, -0.15) is 0 Å². The van der Waals surface area contributed by atoms with Crippen molar-refractivity contribution in [3.63, 3.8) is 0 Å². The third-order valence-electron chi connectivity index (χ3n) is 9.54. The van der Waals surface area contributed by atoms with E-state index in [0.29, 0.717) is 29.5 Å². The summed E-state index contributed by atoms with van der Waals surface area (Å²) in [5.74, 6) is 3.22. The van der Waals surface area contributed by atoms with Crippen LogP contribution in [0.25, 0.3) is 0 Å². The van der Waals surface area contributed by atoms with Crippen LogP contribution in [0.4, 0.5) is 0 Å². The van der Waals surface area contributed by atoms with E-state index < -0.39 is 5.97 Å². The first-order chi connectivity index (χ1) is 12.8. The van der Waals surface area contributed by atoms with Crippen LogP contribution in [-0.4, -0.2) is 16.9 Å². The molecule has 0 aliphatic heterocycles. The number of fused-ring (bicyclic) bond motifs is 5. The van der Waals surface area contributed by atoms with Crippen molar-refractivity contribution in [2.24, 2.45) is 40.4 Å². The maximum Gasteiger partial charge on any atom is 0.303 e. The van der Waals surface area contributed by atoms with E-state index in [0.717, 1.165) is 43.4 Å². The molecule has 7 atom stereocenters. The Balaban J connectivity index is 1.55. The highest BCUT2D eigenvalue weighted by molar-refractivity contribution is 5.91. The Morgan fingerprint density at radius 3 is 2.67 bits per heavy atom. The van der Waals surface area contributed by atoms with Gasteiger partial charge in [-0.3, -0.25) is 9.59 Å². The summed E-state index contributed by atoms with van der Waals surface area (Å²) in [5, 5.41) is 9.08. The van der Waals surface area contributed by atoms with Gasteiger partial charge in [0, 0.05) is 12.8 Å². The van der Waals surface area contributed by atoms with Gasteiger partial charge in [0.1, 0.15) is 0 Å². The van der Waals surface area contributed by atoms with E-state index in [4.69, 9.17) is 5.11 Å². The van der Waals surface area contributed by atoms with E-state index >= 15 is 0 Å². The first-order valence-corrected chi connectivity index (χ1v) is 11.2. The van der Waals surface area contributed by atoms with Crippen LogP contribution in [0.2, 0.25) is 0 Å². The van der Waals surface area contributed by atoms with Gasteiger partial charge in [0.05, 0.1) is 0 Å². The molecule has 3 heteroatoms. The number of carbonyl (C=O) groups excluding carboxylic acids is 1. The molecule has 0 amide bonds. The summed E-state index contributed by atoms with van der Waals surface area (Å²) in [6, 6.07) is 0. The normalized spacial score (nSPS) is 44.7. The zero-order valence-corrected chi connectivity index (χ0v) is 17.3. The Morgan fingerprint density at radius 1 is 1.15 bits per heavy atom. The van der Waals surface area contributed by atoms with Crippen molar-refractivity contribution in [1.82, 2.24) is 0 Å². The molecule has 0 aromatic carbocycles. The molecule has 4 rings (SSSR count). The summed E-state index contributed by atoms with van der Waals surface area (Å²) in [6.45, 7) is 7.27. The van der Waals surface area contributed by atoms with Crippen LogP contribution < -0.4 is 0 Å². The van der Waals surface area contributed by atoms with Crippen LogP contribution in [0.3, 0.4) is 0 Å². The Morgan fingerprint density at radius 2 is 1.93 bits per heavy atom. The Labute approximate surface area is 164 Å². The monoisotopic (exact) mass is 372 g/mol. The van der Waals surface area contributed by atoms with Crippen LogP contribution in [-0.2, 0) is 9.59 Å². The molecule has 3 fully saturated rings. The van der Waals surface area contributed by atoms with Gasteiger partial charge in [0.25, 0.3) is 0 Å². The largest absolute Gasteiger partial charge is 0.481 e. The van der Waals surface area contributed by atoms with Crippen LogP contribution in [0.5, 0.6) is 0 Å². The molecule has 0 spiro atoms. The lowest BCUT2D eigenvalue weighted by atomic mass is 9.46. The maximum absolute atomic E-state index is 12.0. The molecule has 3 nitrogen and oxygen atoms in total. The lowest BCUT2D eigenvalue weighted by molar-refractivity contribution is -0.137. The predicted molar refractivity (Wildman–Crippen MR) is 106 cm³/mol. The number of allylic oxidation sites excluding steroid dienone is 1. The standard InChI is InChI=1S/C24H36O3/c1-15(4-9-22(26)27)19-7-8-20-18-6-5-16-14-17(25)10-12-23(16,2)21(18)11-13-24(19,20)3/h14-15,18-21H,4-13H2,1-3H3,(H,26,27)/t15-,18+,19-,20?,21?,23+,24-/m1/s1. The lowest BCUT2D eigenvalue weighted by Crippen LogP contribution is -2.51. The number of aliphatic carboxylic acids is 1. The molecule has 4 aliphatic carbocycles. The van der Waals surface area contributed by atoms with Crippen LogP contribution >= 0.6 is 0 Å². The first kappa shape index (κ1) is 19.2. The predicted octanol–water partition coefficient (Wildman–Crippen LogP) is 5.64. The number of rotatable bonds is 4. The van der Waals surface area contributed by atoms with Crippen LogP contribution in [0.15, 0.2) is 11.6 Å². The van der Waals surface area contributed by atoms with Crippen molar-refractivity contribution in [2.75, 3.05) is 0 Å². The molecule has 2 unspecified atom stereocenters. The second-order valence-electron chi connectivity index (χ2n) is 10.6. The Hall–Kier alpha value is -1.12. The molecular formula is C24H36O3. The molecule has 0 aromatic rings. The number of carboxylic acids is 1. The quantitative estimate of drug-likeness (QED) is 0.695. The molecule has 1 N–H and O–H groups in total. The molecule has 4 aliphatic rings. The van der Waals surface area contributed by atoms with Crippen LogP contribution in [0.1, 0.15) is 85.0 Å². The molecule has 0 aromatic heterocycles. The number of carboxylic acid groups (broad SMARTS) is 1. The molecule has 0 bridgehead atoms. The van der Waals surface area contributed by atoms with E-state index in [1.807, 2.05) is 6.08 Å². The summed E-state index contributed by atoms with van der Waals surface area (Å²) < 4.78 is 0. The number of hydrogen-bond acceptors (Lipinski definition) is 2. The zero-order chi connectivity index (χ0) is 19.4. The van der Waals surface area contributed by atoms with E-state index in [-0.39, 0.29) is 5.41 Å². The summed E-state index contributed by atoms with van der Waals surface area (Å²) in [6.07, 6.45) is 12.5. The summed E-state index contributed by atoms with van der Waals surface area (Å²) in [7, 11) is 0. The van der Waals surface area contributed by atoms with Gasteiger partial charge in [-0.05, 0) is 97.9 Å². The molecule has 150 valence electrons. The van der Waals surface area contributed by atoms with E-state index in [9.17, 15) is 9.59 Å². The van der Waals surface area contributed by atoms with Gasteiger partial charge in [-0.25, -0.2) is 0 Å². The van der Waals surface area contributed by atoms with Crippen molar-refractivity contribution in [1.29, 1.82) is 0 Å². The van der Waals surface area contributed by atoms with Gasteiger partial charge < -0.3 is 5.11 Å². The minimum absolute atomic E-state index is 0.255. The second-order valence-corrected chi connectivity index (χ2v) is 10.6. The highest BCUT2D eigenvalue weighted by Gasteiger charge is 2.59. The maximum atomic E-state index is 12.0. The minimum Gasteiger partial charge on any atom is -0.481 e. The van der Waals surface area contributed by atoms with Crippen LogP contribution in [0, 0.1) is 40.4 Å². The van der Waals surface area contributed by atoms with Crippen molar-refractivity contribution >= 4 is 11.8 Å². The van der Waals surface area contributed by atoms with Crippen molar-refractivity contribution < 1.29 is 14.7 Å². The summed E-state index contributed by atoms with van der Waals surface area (Å²) in [4.78, 5) is 23.0. The van der Waals surface area contributed by atoms with Crippen molar-refractivity contribution in [3.8, 4) is 0 Å². The third-order valence-corrected chi connectivity index (χ3v) is 9.54. The fraction of sp³-hybridized carbons (Fsp3) is 0.833.